The van der Waals surface area contributed by atoms with Crippen molar-refractivity contribution >= 4 is 34.6 Å². The van der Waals surface area contributed by atoms with Crippen LogP contribution in [0.1, 0.15) is 53.7 Å². The summed E-state index contributed by atoms with van der Waals surface area (Å²) in [5.74, 6) is -0.482. The lowest BCUT2D eigenvalue weighted by atomic mass is 10.1. The van der Waals surface area contributed by atoms with Crippen molar-refractivity contribution in [1.29, 1.82) is 0 Å². The molecule has 2 aromatic rings. The van der Waals surface area contributed by atoms with Gasteiger partial charge in [0, 0.05) is 25.0 Å². The number of aromatic nitrogens is 1. The van der Waals surface area contributed by atoms with Gasteiger partial charge in [0.15, 0.2) is 5.11 Å². The van der Waals surface area contributed by atoms with Crippen molar-refractivity contribution in [3.8, 4) is 0 Å². The Hall–Kier alpha value is -2.68. The van der Waals surface area contributed by atoms with Crippen molar-refractivity contribution in [3.05, 3.63) is 53.3 Å². The Kier molecular flexibility index (Phi) is 7.48. The smallest absolute Gasteiger partial charge is 0.370 e. The van der Waals surface area contributed by atoms with E-state index in [0.29, 0.717) is 11.3 Å². The number of rotatable bonds is 3. The van der Waals surface area contributed by atoms with Crippen LogP contribution in [0.5, 0.6) is 0 Å². The number of pyridine rings is 1. The van der Waals surface area contributed by atoms with Gasteiger partial charge >= 0.3 is 6.18 Å². The van der Waals surface area contributed by atoms with E-state index in [0.717, 1.165) is 56.6 Å². The van der Waals surface area contributed by atoms with E-state index in [1.54, 1.807) is 19.1 Å². The second kappa shape index (κ2) is 10.1. The highest BCUT2D eigenvalue weighted by Gasteiger charge is 2.31. The Labute approximate surface area is 185 Å². The zero-order chi connectivity index (χ0) is 22.4. The molecule has 1 aromatic carbocycles. The van der Waals surface area contributed by atoms with Crippen LogP contribution in [0, 0.1) is 6.92 Å². The molecule has 2 N–H and O–H groups in total. The average Bonchev–Trinajstić information content (AvgIpc) is 2.68. The number of carbonyl (C=O) groups is 1. The number of anilines is 2. The molecule has 0 aliphatic carbocycles. The molecule has 3 rings (SSSR count). The number of benzene rings is 1. The number of nitrogens with zero attached hydrogens (tertiary/aromatic N) is 2. The molecule has 1 amide bonds. The summed E-state index contributed by atoms with van der Waals surface area (Å²) < 4.78 is 39.9. The van der Waals surface area contributed by atoms with Crippen LogP contribution in [0.15, 0.2) is 36.5 Å². The molecular formula is C22H25F3N4OS. The Balaban J connectivity index is 1.81. The molecule has 1 aliphatic heterocycles. The summed E-state index contributed by atoms with van der Waals surface area (Å²) in [6, 6.07) is 6.90. The first-order chi connectivity index (χ1) is 14.7. The third kappa shape index (κ3) is 6.40. The highest BCUT2D eigenvalue weighted by atomic mass is 32.1. The number of aryl methyl sites for hydroxylation is 1. The minimum Gasteiger partial charge on any atom is -0.370 e. The summed E-state index contributed by atoms with van der Waals surface area (Å²) in [6.45, 7) is 3.32. The highest BCUT2D eigenvalue weighted by Crippen LogP contribution is 2.36. The quantitative estimate of drug-likeness (QED) is 0.621. The molecule has 1 aliphatic rings. The van der Waals surface area contributed by atoms with E-state index in [1.807, 2.05) is 0 Å². The van der Waals surface area contributed by atoms with Gasteiger partial charge in [-0.15, -0.1) is 0 Å². The number of carbonyl (C=O) groups excluding carboxylic acids is 1. The molecule has 1 aromatic heterocycles. The molecule has 0 unspecified atom stereocenters. The lowest BCUT2D eigenvalue weighted by Gasteiger charge is -2.29. The third-order valence-electron chi connectivity index (χ3n) is 5.17. The van der Waals surface area contributed by atoms with Gasteiger partial charge in [0.25, 0.3) is 5.91 Å². The maximum atomic E-state index is 13.3. The van der Waals surface area contributed by atoms with E-state index in [-0.39, 0.29) is 10.8 Å². The molecule has 31 heavy (non-hydrogen) atoms. The van der Waals surface area contributed by atoms with Crippen LogP contribution < -0.4 is 15.5 Å². The van der Waals surface area contributed by atoms with Crippen LogP contribution in [0.4, 0.5) is 24.5 Å². The van der Waals surface area contributed by atoms with Crippen molar-refractivity contribution in [3.63, 3.8) is 0 Å². The lowest BCUT2D eigenvalue weighted by molar-refractivity contribution is -0.137. The maximum absolute atomic E-state index is 13.3. The first kappa shape index (κ1) is 23.0. The minimum absolute atomic E-state index is 0.0711. The fourth-order valence-electron chi connectivity index (χ4n) is 3.51. The maximum Gasteiger partial charge on any atom is 0.416 e. The Morgan fingerprint density at radius 3 is 2.35 bits per heavy atom. The Morgan fingerprint density at radius 2 is 1.74 bits per heavy atom. The van der Waals surface area contributed by atoms with Gasteiger partial charge in [0.2, 0.25) is 0 Å². The molecule has 0 atom stereocenters. The average molecular weight is 451 g/mol. The van der Waals surface area contributed by atoms with E-state index in [9.17, 15) is 18.0 Å². The number of alkyl halides is 3. The number of thiocarbonyl (C=S) groups is 1. The SMILES string of the molecule is Cc1ccc(C(=O)NC(=S)Nc2cc(C(F)(F)F)ccc2N2CCCCCCC2)cn1. The van der Waals surface area contributed by atoms with Crippen LogP contribution in [-0.4, -0.2) is 29.1 Å². The fourth-order valence-corrected chi connectivity index (χ4v) is 3.71. The summed E-state index contributed by atoms with van der Waals surface area (Å²) in [6.07, 6.45) is 2.25. The van der Waals surface area contributed by atoms with Gasteiger partial charge in [-0.2, -0.15) is 13.2 Å². The fraction of sp³-hybridized carbons (Fsp3) is 0.409. The second-order valence-corrected chi connectivity index (χ2v) is 7.99. The Bertz CT molecular complexity index is 923. The van der Waals surface area contributed by atoms with Crippen LogP contribution in [0.2, 0.25) is 0 Å². The third-order valence-corrected chi connectivity index (χ3v) is 5.37. The summed E-state index contributed by atoms with van der Waals surface area (Å²) in [4.78, 5) is 18.5. The van der Waals surface area contributed by atoms with Gasteiger partial charge in [0.05, 0.1) is 22.5 Å². The van der Waals surface area contributed by atoms with Crippen molar-refractivity contribution in [1.82, 2.24) is 10.3 Å². The summed E-state index contributed by atoms with van der Waals surface area (Å²) in [5, 5.41) is 5.25. The first-order valence-corrected chi connectivity index (χ1v) is 10.7. The van der Waals surface area contributed by atoms with E-state index >= 15 is 0 Å². The molecule has 5 nitrogen and oxygen atoms in total. The summed E-state index contributed by atoms with van der Waals surface area (Å²) >= 11 is 5.22. The van der Waals surface area contributed by atoms with Gasteiger partial charge < -0.3 is 10.2 Å². The first-order valence-electron chi connectivity index (χ1n) is 10.3. The number of hydrogen-bond acceptors (Lipinski definition) is 4. The second-order valence-electron chi connectivity index (χ2n) is 7.58. The summed E-state index contributed by atoms with van der Waals surface area (Å²) in [5.41, 5.74) is 1.16. The van der Waals surface area contributed by atoms with Crippen LogP contribution in [0.25, 0.3) is 0 Å². The van der Waals surface area contributed by atoms with E-state index in [1.165, 1.54) is 18.7 Å². The largest absolute Gasteiger partial charge is 0.416 e. The minimum atomic E-state index is -4.48. The number of halogens is 3. The topological polar surface area (TPSA) is 57.3 Å². The number of amides is 1. The van der Waals surface area contributed by atoms with E-state index in [2.05, 4.69) is 20.5 Å². The molecule has 166 valence electrons. The molecule has 9 heteroatoms. The van der Waals surface area contributed by atoms with Gasteiger partial charge in [-0.1, -0.05) is 19.3 Å². The molecule has 0 spiro atoms. The van der Waals surface area contributed by atoms with Gasteiger partial charge in [-0.25, -0.2) is 0 Å². The predicted octanol–water partition coefficient (Wildman–Crippen LogP) is 5.31. The van der Waals surface area contributed by atoms with Gasteiger partial charge in [-0.05, 0) is 62.3 Å². The standard InChI is InChI=1S/C22H25F3N4OS/c1-15-7-8-16(14-26-15)20(30)28-21(31)27-18-13-17(22(23,24)25)9-10-19(18)29-11-5-3-2-4-6-12-29/h7-10,13-14H,2-6,11-12H2,1H3,(H2,27,28,30,31). The molecule has 0 saturated carbocycles. The monoisotopic (exact) mass is 450 g/mol. The summed E-state index contributed by atoms with van der Waals surface area (Å²) in [7, 11) is 0. The van der Waals surface area contributed by atoms with Crippen LogP contribution in [-0.2, 0) is 6.18 Å². The molecule has 1 saturated heterocycles. The van der Waals surface area contributed by atoms with Gasteiger partial charge in [-0.3, -0.25) is 15.1 Å². The highest BCUT2D eigenvalue weighted by molar-refractivity contribution is 7.80. The normalized spacial score (nSPS) is 15.0. The van der Waals surface area contributed by atoms with Crippen molar-refractivity contribution in [2.24, 2.45) is 0 Å². The molecular weight excluding hydrogens is 425 g/mol. The molecule has 1 fully saturated rings. The zero-order valence-corrected chi connectivity index (χ0v) is 18.1. The molecule has 0 radical (unpaired) electrons. The molecule has 0 bridgehead atoms. The van der Waals surface area contributed by atoms with Crippen molar-refractivity contribution in [2.45, 2.75) is 45.2 Å². The lowest BCUT2D eigenvalue weighted by Crippen LogP contribution is -2.35. The zero-order valence-electron chi connectivity index (χ0n) is 17.3. The van der Waals surface area contributed by atoms with Crippen molar-refractivity contribution < 1.29 is 18.0 Å². The van der Waals surface area contributed by atoms with Crippen molar-refractivity contribution in [2.75, 3.05) is 23.3 Å². The van der Waals surface area contributed by atoms with Crippen LogP contribution in [0.3, 0.4) is 0 Å². The van der Waals surface area contributed by atoms with Gasteiger partial charge in [0.1, 0.15) is 0 Å². The predicted molar refractivity (Wildman–Crippen MR) is 119 cm³/mol. The molecule has 2 heterocycles. The van der Waals surface area contributed by atoms with E-state index in [4.69, 9.17) is 12.2 Å². The number of nitrogens with one attached hydrogen (secondary N) is 2. The van der Waals surface area contributed by atoms with Crippen LogP contribution >= 0.6 is 12.2 Å². The number of hydrogen-bond donors (Lipinski definition) is 2. The van der Waals surface area contributed by atoms with E-state index < -0.39 is 17.6 Å². The Morgan fingerprint density at radius 1 is 1.06 bits per heavy atom.